The smallest absolute Gasteiger partial charge is 0.317 e. The lowest BCUT2D eigenvalue weighted by Gasteiger charge is -2.23. The van der Waals surface area contributed by atoms with Gasteiger partial charge in [0.2, 0.25) is 0 Å². The highest BCUT2D eigenvalue weighted by Crippen LogP contribution is 2.51. The molecule has 3 aliphatic rings. The summed E-state index contributed by atoms with van der Waals surface area (Å²) >= 11 is 0. The van der Waals surface area contributed by atoms with Gasteiger partial charge in [-0.25, -0.2) is 0 Å². The average Bonchev–Trinajstić information content (AvgIpc) is 2.17. The molecule has 2 unspecified atom stereocenters. The molecule has 4 atom stereocenters. The molecular weight excluding hydrogens is 156 g/mol. The molecule has 0 spiro atoms. The Balaban J connectivity index is 2.05. The van der Waals surface area contributed by atoms with Crippen LogP contribution in [0, 0.1) is 23.7 Å². The minimum Gasteiger partial charge on any atom is -0.393 e. The Morgan fingerprint density at radius 2 is 1.58 bits per heavy atom. The fourth-order valence-corrected chi connectivity index (χ4v) is 2.52. The van der Waals surface area contributed by atoms with Crippen molar-refractivity contribution in [3.63, 3.8) is 0 Å². The lowest BCUT2D eigenvalue weighted by atomic mass is 9.79. The van der Waals surface area contributed by atoms with Crippen LogP contribution in [-0.2, 0) is 14.3 Å². The zero-order valence-electron chi connectivity index (χ0n) is 6.40. The van der Waals surface area contributed by atoms with E-state index in [4.69, 9.17) is 0 Å². The largest absolute Gasteiger partial charge is 0.393 e. The third-order valence-corrected chi connectivity index (χ3v) is 3.24. The fourth-order valence-electron chi connectivity index (χ4n) is 2.52. The second kappa shape index (κ2) is 1.79. The molecule has 0 aromatic carbocycles. The standard InChI is InChI=1S/C9H8O3/c10-8-6-3-7(9(11)12-8)5-2-1-4(5)6/h1-2,4-7H,3H2/t4-,5+,6?,7?. The van der Waals surface area contributed by atoms with E-state index in [1.54, 1.807) is 0 Å². The van der Waals surface area contributed by atoms with Crippen molar-refractivity contribution in [1.29, 1.82) is 0 Å². The van der Waals surface area contributed by atoms with Crippen molar-refractivity contribution >= 4 is 11.9 Å². The molecule has 0 aromatic rings. The maximum absolute atomic E-state index is 11.2. The third kappa shape index (κ3) is 0.543. The number of esters is 2. The molecule has 2 bridgehead atoms. The first kappa shape index (κ1) is 6.40. The van der Waals surface area contributed by atoms with Gasteiger partial charge in [0.05, 0.1) is 11.8 Å². The molecule has 3 rings (SSSR count). The van der Waals surface area contributed by atoms with Crippen LogP contribution in [0.3, 0.4) is 0 Å². The third-order valence-electron chi connectivity index (χ3n) is 3.24. The molecule has 3 heteroatoms. The first-order valence-electron chi connectivity index (χ1n) is 4.21. The van der Waals surface area contributed by atoms with Gasteiger partial charge in [-0.3, -0.25) is 9.59 Å². The summed E-state index contributed by atoms with van der Waals surface area (Å²) in [5.74, 6) is -0.0745. The Morgan fingerprint density at radius 1 is 1.08 bits per heavy atom. The highest BCUT2D eigenvalue weighted by molar-refractivity contribution is 5.93. The van der Waals surface area contributed by atoms with Gasteiger partial charge in [-0.15, -0.1) is 0 Å². The molecule has 1 aliphatic heterocycles. The summed E-state index contributed by atoms with van der Waals surface area (Å²) in [5, 5.41) is 0. The van der Waals surface area contributed by atoms with E-state index in [0.717, 1.165) is 0 Å². The number of hydrogen-bond acceptors (Lipinski definition) is 3. The van der Waals surface area contributed by atoms with Gasteiger partial charge in [-0.2, -0.15) is 0 Å². The van der Waals surface area contributed by atoms with E-state index in [-0.39, 0.29) is 23.8 Å². The van der Waals surface area contributed by atoms with Crippen molar-refractivity contribution in [3.8, 4) is 0 Å². The van der Waals surface area contributed by atoms with E-state index >= 15 is 0 Å². The number of fused-ring (bicyclic) bond motifs is 5. The van der Waals surface area contributed by atoms with Crippen LogP contribution in [0.15, 0.2) is 12.2 Å². The quantitative estimate of drug-likeness (QED) is 0.297. The van der Waals surface area contributed by atoms with Gasteiger partial charge in [-0.1, -0.05) is 12.2 Å². The van der Waals surface area contributed by atoms with E-state index in [1.165, 1.54) is 0 Å². The van der Waals surface area contributed by atoms with Crippen LogP contribution in [0.4, 0.5) is 0 Å². The van der Waals surface area contributed by atoms with E-state index in [2.05, 4.69) is 4.74 Å². The Hall–Kier alpha value is -1.12. The molecule has 1 heterocycles. The van der Waals surface area contributed by atoms with Crippen molar-refractivity contribution in [2.24, 2.45) is 23.7 Å². The summed E-state index contributed by atoms with van der Waals surface area (Å²) in [6.45, 7) is 0. The number of ether oxygens (including phenoxy) is 1. The summed E-state index contributed by atoms with van der Waals surface area (Å²) in [4.78, 5) is 22.4. The number of cyclic esters (lactones) is 2. The summed E-state index contributed by atoms with van der Waals surface area (Å²) in [6, 6.07) is 0. The van der Waals surface area contributed by atoms with Crippen LogP contribution in [0.2, 0.25) is 0 Å². The van der Waals surface area contributed by atoms with E-state index in [0.29, 0.717) is 18.3 Å². The minimum absolute atomic E-state index is 0.0253. The van der Waals surface area contributed by atoms with Gasteiger partial charge < -0.3 is 4.74 Å². The molecule has 12 heavy (non-hydrogen) atoms. The lowest BCUT2D eigenvalue weighted by molar-refractivity contribution is -0.169. The van der Waals surface area contributed by atoms with Gasteiger partial charge in [0.15, 0.2) is 0 Å². The predicted octanol–water partition coefficient (Wildman–Crippen LogP) is 0.508. The number of carbonyl (C=O) groups is 2. The lowest BCUT2D eigenvalue weighted by Crippen LogP contribution is -2.29. The second-order valence-electron chi connectivity index (χ2n) is 3.73. The van der Waals surface area contributed by atoms with Crippen LogP contribution >= 0.6 is 0 Å². The number of hydrogen-bond donors (Lipinski definition) is 0. The average molecular weight is 164 g/mol. The Bertz CT molecular complexity index is 277. The van der Waals surface area contributed by atoms with Crippen molar-refractivity contribution in [1.82, 2.24) is 0 Å². The molecule has 2 fully saturated rings. The van der Waals surface area contributed by atoms with Gasteiger partial charge >= 0.3 is 11.9 Å². The van der Waals surface area contributed by atoms with Crippen LogP contribution in [0.1, 0.15) is 6.42 Å². The highest BCUT2D eigenvalue weighted by Gasteiger charge is 2.55. The van der Waals surface area contributed by atoms with Gasteiger partial charge in [-0.05, 0) is 18.3 Å². The van der Waals surface area contributed by atoms with Gasteiger partial charge in [0.25, 0.3) is 0 Å². The summed E-state index contributed by atoms with van der Waals surface area (Å²) in [7, 11) is 0. The van der Waals surface area contributed by atoms with E-state index in [1.807, 2.05) is 12.2 Å². The van der Waals surface area contributed by atoms with Crippen molar-refractivity contribution in [3.05, 3.63) is 12.2 Å². The van der Waals surface area contributed by atoms with Gasteiger partial charge in [0.1, 0.15) is 0 Å². The zero-order chi connectivity index (χ0) is 8.29. The maximum atomic E-state index is 11.2. The second-order valence-corrected chi connectivity index (χ2v) is 3.73. The summed E-state index contributed by atoms with van der Waals surface area (Å²) in [6.07, 6.45) is 4.75. The molecule has 1 saturated heterocycles. The molecular formula is C9H8O3. The van der Waals surface area contributed by atoms with E-state index < -0.39 is 0 Å². The monoisotopic (exact) mass is 164 g/mol. The number of rotatable bonds is 0. The molecule has 3 nitrogen and oxygen atoms in total. The summed E-state index contributed by atoms with van der Waals surface area (Å²) in [5.41, 5.74) is 0. The van der Waals surface area contributed by atoms with Gasteiger partial charge in [0, 0.05) is 0 Å². The SMILES string of the molecule is O=C1OC(=O)C2CC1[C@H]1C=C[C@@H]21. The van der Waals surface area contributed by atoms with E-state index in [9.17, 15) is 9.59 Å². The fraction of sp³-hybridized carbons (Fsp3) is 0.556. The van der Waals surface area contributed by atoms with Crippen LogP contribution in [-0.4, -0.2) is 11.9 Å². The van der Waals surface area contributed by atoms with Crippen LogP contribution in [0.25, 0.3) is 0 Å². The number of carbonyl (C=O) groups excluding carboxylic acids is 2. The van der Waals surface area contributed by atoms with Crippen LogP contribution in [0.5, 0.6) is 0 Å². The molecule has 2 aliphatic carbocycles. The molecule has 0 N–H and O–H groups in total. The molecule has 1 saturated carbocycles. The Morgan fingerprint density at radius 3 is 2.00 bits per heavy atom. The first-order valence-corrected chi connectivity index (χ1v) is 4.21. The maximum Gasteiger partial charge on any atom is 0.317 e. The van der Waals surface area contributed by atoms with Crippen LogP contribution < -0.4 is 0 Å². The van der Waals surface area contributed by atoms with Crippen molar-refractivity contribution in [2.75, 3.05) is 0 Å². The van der Waals surface area contributed by atoms with Crippen molar-refractivity contribution < 1.29 is 14.3 Å². The van der Waals surface area contributed by atoms with Crippen molar-refractivity contribution in [2.45, 2.75) is 6.42 Å². The normalized spacial score (nSPS) is 48.3. The summed E-state index contributed by atoms with van der Waals surface area (Å²) < 4.78 is 4.64. The molecule has 62 valence electrons. The topological polar surface area (TPSA) is 43.4 Å². The Labute approximate surface area is 69.4 Å². The molecule has 0 radical (unpaired) electrons. The minimum atomic E-state index is -0.312. The first-order chi connectivity index (χ1) is 5.77. The number of allylic oxidation sites excluding steroid dienone is 2. The Kier molecular flexibility index (Phi) is 0.953. The zero-order valence-corrected chi connectivity index (χ0v) is 6.40. The predicted molar refractivity (Wildman–Crippen MR) is 38.8 cm³/mol. The highest BCUT2D eigenvalue weighted by atomic mass is 16.6. The molecule has 0 amide bonds. The molecule has 0 aromatic heterocycles.